The highest BCUT2D eigenvalue weighted by molar-refractivity contribution is 5.89. The predicted octanol–water partition coefficient (Wildman–Crippen LogP) is 1.83. The Morgan fingerprint density at radius 1 is 1.50 bits per heavy atom. The van der Waals surface area contributed by atoms with Gasteiger partial charge in [-0.15, -0.1) is 0 Å². The third-order valence-electron chi connectivity index (χ3n) is 3.82. The Labute approximate surface area is 116 Å². The maximum atomic E-state index is 13.3. The van der Waals surface area contributed by atoms with Crippen molar-refractivity contribution in [2.45, 2.75) is 25.4 Å². The average molecular weight is 276 g/mol. The monoisotopic (exact) mass is 276 g/mol. The van der Waals surface area contributed by atoms with Crippen LogP contribution in [0.3, 0.4) is 0 Å². The lowest BCUT2D eigenvalue weighted by molar-refractivity contribution is -0.133. The standard InChI is InChI=1S/C15H17FN2O2/c16-11-3-4-14-13(7-11)10(8-17-14)6-15(20)18-5-1-2-12(19)9-18/h3-4,7-8,12,17,19H,1-2,5-6,9H2. The first-order valence-electron chi connectivity index (χ1n) is 6.85. The van der Waals surface area contributed by atoms with Gasteiger partial charge >= 0.3 is 0 Å². The summed E-state index contributed by atoms with van der Waals surface area (Å²) in [5.41, 5.74) is 1.62. The van der Waals surface area contributed by atoms with E-state index in [1.165, 1.54) is 12.1 Å². The van der Waals surface area contributed by atoms with Crippen molar-refractivity contribution in [3.63, 3.8) is 0 Å². The van der Waals surface area contributed by atoms with Gasteiger partial charge in [0.25, 0.3) is 0 Å². The fourth-order valence-electron chi connectivity index (χ4n) is 2.75. The second-order valence-corrected chi connectivity index (χ2v) is 5.32. The normalized spacial score (nSPS) is 19.5. The maximum absolute atomic E-state index is 13.3. The Morgan fingerprint density at radius 3 is 3.15 bits per heavy atom. The molecular formula is C15H17FN2O2. The van der Waals surface area contributed by atoms with Gasteiger partial charge in [-0.05, 0) is 36.6 Å². The number of nitrogens with one attached hydrogen (secondary N) is 1. The predicted molar refractivity (Wildman–Crippen MR) is 73.8 cm³/mol. The van der Waals surface area contributed by atoms with E-state index in [4.69, 9.17) is 0 Å². The Kier molecular flexibility index (Phi) is 3.44. The average Bonchev–Trinajstić information content (AvgIpc) is 2.81. The van der Waals surface area contributed by atoms with Gasteiger partial charge in [0, 0.05) is 30.2 Å². The molecular weight excluding hydrogens is 259 g/mol. The van der Waals surface area contributed by atoms with Crippen LogP contribution in [0, 0.1) is 5.82 Å². The number of amides is 1. The van der Waals surface area contributed by atoms with Crippen molar-refractivity contribution in [1.82, 2.24) is 9.88 Å². The van der Waals surface area contributed by atoms with E-state index < -0.39 is 6.10 Å². The van der Waals surface area contributed by atoms with E-state index in [-0.39, 0.29) is 18.1 Å². The van der Waals surface area contributed by atoms with Crippen LogP contribution in [0.25, 0.3) is 10.9 Å². The van der Waals surface area contributed by atoms with Crippen LogP contribution in [0.5, 0.6) is 0 Å². The summed E-state index contributed by atoms with van der Waals surface area (Å²) in [6.07, 6.45) is 3.14. The van der Waals surface area contributed by atoms with E-state index in [1.807, 2.05) is 0 Å². The zero-order valence-electron chi connectivity index (χ0n) is 11.1. The number of benzene rings is 1. The molecule has 1 atom stereocenters. The number of aromatic amines is 1. The number of carbonyl (C=O) groups excluding carboxylic acids is 1. The number of piperidine rings is 1. The van der Waals surface area contributed by atoms with Gasteiger partial charge in [0.15, 0.2) is 0 Å². The fraction of sp³-hybridized carbons (Fsp3) is 0.400. The molecule has 0 saturated carbocycles. The third kappa shape index (κ3) is 2.54. The van der Waals surface area contributed by atoms with E-state index >= 15 is 0 Å². The number of nitrogens with zero attached hydrogens (tertiary/aromatic N) is 1. The summed E-state index contributed by atoms with van der Waals surface area (Å²) in [5, 5.41) is 10.4. The van der Waals surface area contributed by atoms with Gasteiger partial charge in [0.1, 0.15) is 5.82 Å². The second-order valence-electron chi connectivity index (χ2n) is 5.32. The lowest BCUT2D eigenvalue weighted by Gasteiger charge is -2.30. The Bertz CT molecular complexity index is 638. The molecule has 0 radical (unpaired) electrons. The van der Waals surface area contributed by atoms with Gasteiger partial charge < -0.3 is 15.0 Å². The Morgan fingerprint density at radius 2 is 2.35 bits per heavy atom. The fourth-order valence-corrected chi connectivity index (χ4v) is 2.75. The minimum atomic E-state index is -0.423. The number of hydrogen-bond donors (Lipinski definition) is 2. The van der Waals surface area contributed by atoms with Crippen LogP contribution in [-0.4, -0.2) is 40.1 Å². The number of halogens is 1. The van der Waals surface area contributed by atoms with E-state index in [2.05, 4.69) is 4.98 Å². The van der Waals surface area contributed by atoms with Crippen LogP contribution < -0.4 is 0 Å². The number of aromatic nitrogens is 1. The molecule has 5 heteroatoms. The van der Waals surface area contributed by atoms with Crippen molar-refractivity contribution >= 4 is 16.8 Å². The number of hydrogen-bond acceptors (Lipinski definition) is 2. The molecule has 4 nitrogen and oxygen atoms in total. The molecule has 3 rings (SSSR count). The minimum Gasteiger partial charge on any atom is -0.391 e. The molecule has 20 heavy (non-hydrogen) atoms. The topological polar surface area (TPSA) is 56.3 Å². The zero-order chi connectivity index (χ0) is 14.1. The smallest absolute Gasteiger partial charge is 0.227 e. The highest BCUT2D eigenvalue weighted by atomic mass is 19.1. The van der Waals surface area contributed by atoms with Crippen LogP contribution in [0.1, 0.15) is 18.4 Å². The van der Waals surface area contributed by atoms with Crippen molar-refractivity contribution in [2.24, 2.45) is 0 Å². The molecule has 0 bridgehead atoms. The molecule has 0 spiro atoms. The summed E-state index contributed by atoms with van der Waals surface area (Å²) < 4.78 is 13.3. The van der Waals surface area contributed by atoms with E-state index in [1.54, 1.807) is 17.2 Å². The first-order valence-corrected chi connectivity index (χ1v) is 6.85. The van der Waals surface area contributed by atoms with Crippen LogP contribution in [0.15, 0.2) is 24.4 Å². The molecule has 2 heterocycles. The van der Waals surface area contributed by atoms with Gasteiger partial charge in [0.05, 0.1) is 12.5 Å². The maximum Gasteiger partial charge on any atom is 0.227 e. The lowest BCUT2D eigenvalue weighted by atomic mass is 10.1. The van der Waals surface area contributed by atoms with Crippen LogP contribution >= 0.6 is 0 Å². The van der Waals surface area contributed by atoms with Crippen molar-refractivity contribution in [3.05, 3.63) is 35.8 Å². The van der Waals surface area contributed by atoms with Crippen molar-refractivity contribution in [3.8, 4) is 0 Å². The van der Waals surface area contributed by atoms with E-state index in [0.717, 1.165) is 29.3 Å². The van der Waals surface area contributed by atoms with Gasteiger partial charge in [-0.25, -0.2) is 4.39 Å². The number of carbonyl (C=O) groups is 1. The highest BCUT2D eigenvalue weighted by Crippen LogP contribution is 2.21. The molecule has 1 amide bonds. The van der Waals surface area contributed by atoms with Gasteiger partial charge in [-0.1, -0.05) is 0 Å². The Balaban J connectivity index is 1.78. The molecule has 1 aliphatic rings. The lowest BCUT2D eigenvalue weighted by Crippen LogP contribution is -2.42. The molecule has 1 unspecified atom stereocenters. The molecule has 1 aromatic carbocycles. The summed E-state index contributed by atoms with van der Waals surface area (Å²) in [5.74, 6) is -0.326. The quantitative estimate of drug-likeness (QED) is 0.879. The van der Waals surface area contributed by atoms with Crippen LogP contribution in [-0.2, 0) is 11.2 Å². The highest BCUT2D eigenvalue weighted by Gasteiger charge is 2.22. The summed E-state index contributed by atoms with van der Waals surface area (Å²) in [6.45, 7) is 1.09. The third-order valence-corrected chi connectivity index (χ3v) is 3.82. The minimum absolute atomic E-state index is 0.0195. The van der Waals surface area contributed by atoms with Crippen LogP contribution in [0.4, 0.5) is 4.39 Å². The number of aliphatic hydroxyl groups excluding tert-OH is 1. The van der Waals surface area contributed by atoms with E-state index in [0.29, 0.717) is 13.1 Å². The first-order chi connectivity index (χ1) is 9.63. The molecule has 1 aromatic heterocycles. The second kappa shape index (κ2) is 5.25. The largest absolute Gasteiger partial charge is 0.391 e. The summed E-state index contributed by atoms with van der Waals surface area (Å²) in [7, 11) is 0. The molecule has 2 N–H and O–H groups in total. The number of fused-ring (bicyclic) bond motifs is 1. The molecule has 106 valence electrons. The zero-order valence-corrected chi connectivity index (χ0v) is 11.1. The summed E-state index contributed by atoms with van der Waals surface area (Å²) in [6, 6.07) is 4.51. The van der Waals surface area contributed by atoms with Gasteiger partial charge in [0.2, 0.25) is 5.91 Å². The number of aliphatic hydroxyl groups is 1. The molecule has 2 aromatic rings. The molecule has 0 aliphatic carbocycles. The molecule has 1 aliphatic heterocycles. The number of likely N-dealkylation sites (tertiary alicyclic amines) is 1. The Hall–Kier alpha value is -1.88. The SMILES string of the molecule is O=C(Cc1c[nH]c2ccc(F)cc12)N1CCCC(O)C1. The number of H-pyrrole nitrogens is 1. The number of rotatable bonds is 2. The van der Waals surface area contributed by atoms with Gasteiger partial charge in [-0.3, -0.25) is 4.79 Å². The van der Waals surface area contributed by atoms with Gasteiger partial charge in [-0.2, -0.15) is 0 Å². The first kappa shape index (κ1) is 13.1. The van der Waals surface area contributed by atoms with Crippen molar-refractivity contribution in [2.75, 3.05) is 13.1 Å². The molecule has 1 saturated heterocycles. The van der Waals surface area contributed by atoms with E-state index in [9.17, 15) is 14.3 Å². The number of β-amino-alcohol motifs (C(OH)–C–C–N with tert-alkyl or cyclic N) is 1. The van der Waals surface area contributed by atoms with Crippen LogP contribution in [0.2, 0.25) is 0 Å². The summed E-state index contributed by atoms with van der Waals surface area (Å²) >= 11 is 0. The summed E-state index contributed by atoms with van der Waals surface area (Å²) in [4.78, 5) is 17.0. The van der Waals surface area contributed by atoms with Crippen molar-refractivity contribution in [1.29, 1.82) is 0 Å². The van der Waals surface area contributed by atoms with Crippen molar-refractivity contribution < 1.29 is 14.3 Å². The molecule has 1 fully saturated rings.